The van der Waals surface area contributed by atoms with Gasteiger partial charge in [-0.3, -0.25) is 10.2 Å². The first kappa shape index (κ1) is 49.6. The molecule has 3 aromatic carbocycles. The smallest absolute Gasteiger partial charge is 0.407 e. The van der Waals surface area contributed by atoms with Gasteiger partial charge in [-0.15, -0.1) is 11.6 Å². The van der Waals surface area contributed by atoms with Gasteiger partial charge in [0, 0.05) is 62.0 Å². The number of alkyl carbamates (subject to hydrolysis) is 2. The molecule has 0 unspecified atom stereocenters. The maximum atomic E-state index is 13.6. The number of halogens is 1. The van der Waals surface area contributed by atoms with E-state index in [1.807, 2.05) is 66.7 Å². The molecule has 2 heterocycles. The maximum Gasteiger partial charge on any atom is 0.407 e. The number of anilines is 2. The van der Waals surface area contributed by atoms with Crippen molar-refractivity contribution < 1.29 is 42.8 Å². The fourth-order valence-corrected chi connectivity index (χ4v) is 6.93. The first-order valence-electron chi connectivity index (χ1n) is 22.3. The minimum Gasteiger partial charge on any atom is -0.492 e. The number of alkyl halides is 1. The molecule has 348 valence electrons. The lowest BCUT2D eigenvalue weighted by molar-refractivity contribution is 0.0323. The van der Waals surface area contributed by atoms with Gasteiger partial charge in [-0.1, -0.05) is 62.6 Å². The zero-order valence-corrected chi connectivity index (χ0v) is 37.7. The standard InChI is InChI=1S/C47H64ClN7O9/c1-2-3-14-38-35-44(52-45(56)51-42-18-19-43(41-17-7-6-16-40(41)42)62-31-24-54-22-29-61-30-23-54)55(53-38)39-15-12-13-37(34-39)36-50-47(58)64-27-11-10-26-63-46(57)49-21-28-60-33-32-59-25-9-5-4-8-20-48/h6-7,10-13,15-19,34-35H,2-5,8-9,14,20-33,36H2,1H3,(H,49,57)(H,50,58)(H2,51,52,56)/b11-10-. The molecule has 64 heavy (non-hydrogen) atoms. The monoisotopic (exact) mass is 905 g/mol. The minimum absolute atomic E-state index is 0.00578. The molecular formula is C47H64ClN7O9. The highest BCUT2D eigenvalue weighted by molar-refractivity contribution is 6.17. The van der Waals surface area contributed by atoms with E-state index in [9.17, 15) is 14.4 Å². The Hall–Kier alpha value is -5.39. The van der Waals surface area contributed by atoms with Crippen LogP contribution in [0.5, 0.6) is 5.75 Å². The van der Waals surface area contributed by atoms with Gasteiger partial charge in [0.1, 0.15) is 31.4 Å². The number of fused-ring (bicyclic) bond motifs is 1. The van der Waals surface area contributed by atoms with Crippen LogP contribution in [0.2, 0.25) is 0 Å². The Labute approximate surface area is 381 Å². The predicted molar refractivity (Wildman–Crippen MR) is 249 cm³/mol. The summed E-state index contributed by atoms with van der Waals surface area (Å²) in [7, 11) is 0. The lowest BCUT2D eigenvalue weighted by Gasteiger charge is -2.26. The number of hydrogen-bond donors (Lipinski definition) is 4. The molecular weight excluding hydrogens is 842 g/mol. The zero-order chi connectivity index (χ0) is 45.0. The second-order valence-electron chi connectivity index (χ2n) is 15.0. The summed E-state index contributed by atoms with van der Waals surface area (Å²) in [6.07, 6.45) is 8.97. The van der Waals surface area contributed by atoms with Crippen molar-refractivity contribution in [2.45, 2.75) is 58.4 Å². The SMILES string of the molecule is CCCCc1cc(NC(=O)Nc2ccc(OCCN3CCOCC3)c3ccccc23)n(-c2cccc(CNC(=O)OC/C=C\COC(=O)NCCOCCOCCCCCCCl)c2)n1. The van der Waals surface area contributed by atoms with E-state index >= 15 is 0 Å². The van der Waals surface area contributed by atoms with E-state index in [-0.39, 0.29) is 19.8 Å². The fourth-order valence-electron chi connectivity index (χ4n) is 6.74. The van der Waals surface area contributed by atoms with E-state index in [4.69, 9.17) is 45.1 Å². The summed E-state index contributed by atoms with van der Waals surface area (Å²) in [5.41, 5.74) is 3.00. The quantitative estimate of drug-likeness (QED) is 0.0247. The lowest BCUT2D eigenvalue weighted by Crippen LogP contribution is -2.38. The molecule has 4 N–H and O–H groups in total. The van der Waals surface area contributed by atoms with Gasteiger partial charge in [0.2, 0.25) is 0 Å². The third-order valence-electron chi connectivity index (χ3n) is 10.1. The van der Waals surface area contributed by atoms with Gasteiger partial charge in [-0.25, -0.2) is 19.1 Å². The third-order valence-corrected chi connectivity index (χ3v) is 10.4. The Bertz CT molecular complexity index is 2040. The predicted octanol–water partition coefficient (Wildman–Crippen LogP) is 8.06. The van der Waals surface area contributed by atoms with Crippen molar-refractivity contribution in [2.24, 2.45) is 0 Å². The van der Waals surface area contributed by atoms with Crippen molar-refractivity contribution in [1.29, 1.82) is 0 Å². The van der Waals surface area contributed by atoms with Gasteiger partial charge in [-0.2, -0.15) is 5.10 Å². The number of hydrogen-bond acceptors (Lipinski definition) is 11. The van der Waals surface area contributed by atoms with E-state index in [0.29, 0.717) is 62.7 Å². The molecule has 16 nitrogen and oxygen atoms in total. The number of aryl methyl sites for hydroxylation is 1. The first-order valence-corrected chi connectivity index (χ1v) is 22.9. The molecule has 4 aromatic rings. The minimum atomic E-state index is -0.610. The van der Waals surface area contributed by atoms with Gasteiger partial charge < -0.3 is 44.4 Å². The molecule has 1 aliphatic rings. The average Bonchev–Trinajstić information content (AvgIpc) is 3.72. The van der Waals surface area contributed by atoms with Gasteiger partial charge >= 0.3 is 18.2 Å². The molecule has 0 atom stereocenters. The van der Waals surface area contributed by atoms with Gasteiger partial charge in [0.15, 0.2) is 0 Å². The molecule has 1 saturated heterocycles. The Morgan fingerprint density at radius 2 is 1.53 bits per heavy atom. The molecule has 1 aliphatic heterocycles. The Kier molecular flexibility index (Phi) is 22.6. The van der Waals surface area contributed by atoms with E-state index < -0.39 is 18.2 Å². The van der Waals surface area contributed by atoms with Crippen molar-refractivity contribution in [3.05, 3.63) is 90.1 Å². The summed E-state index contributed by atoms with van der Waals surface area (Å²) in [5.74, 6) is 1.96. The Morgan fingerprint density at radius 1 is 0.781 bits per heavy atom. The van der Waals surface area contributed by atoms with Crippen LogP contribution in [0.15, 0.2) is 78.9 Å². The first-order chi connectivity index (χ1) is 31.4. The van der Waals surface area contributed by atoms with E-state index in [2.05, 4.69) is 33.1 Å². The maximum absolute atomic E-state index is 13.6. The second kappa shape index (κ2) is 29.1. The molecule has 0 bridgehead atoms. The number of rotatable bonds is 28. The lowest BCUT2D eigenvalue weighted by atomic mass is 10.1. The molecule has 17 heteroatoms. The molecule has 5 rings (SSSR count). The van der Waals surface area contributed by atoms with Crippen molar-refractivity contribution in [1.82, 2.24) is 25.3 Å². The van der Waals surface area contributed by atoms with Crippen LogP contribution in [-0.2, 0) is 36.6 Å². The Morgan fingerprint density at radius 3 is 2.31 bits per heavy atom. The summed E-state index contributed by atoms with van der Waals surface area (Å²) in [5, 5.41) is 18.0. The van der Waals surface area contributed by atoms with Crippen LogP contribution < -0.4 is 26.0 Å². The van der Waals surface area contributed by atoms with Crippen LogP contribution >= 0.6 is 11.6 Å². The number of carbonyl (C=O) groups excluding carboxylic acids is 3. The average molecular weight is 907 g/mol. The third kappa shape index (κ3) is 18.0. The van der Waals surface area contributed by atoms with Gasteiger partial charge in [-0.05, 0) is 67.7 Å². The van der Waals surface area contributed by atoms with E-state index in [0.717, 1.165) is 106 Å². The van der Waals surface area contributed by atoms with Crippen molar-refractivity contribution in [3.8, 4) is 11.4 Å². The molecule has 1 aromatic heterocycles. The van der Waals surface area contributed by atoms with Gasteiger partial charge in [0.25, 0.3) is 0 Å². The van der Waals surface area contributed by atoms with Crippen molar-refractivity contribution in [2.75, 3.05) is 102 Å². The van der Waals surface area contributed by atoms with Crippen molar-refractivity contribution in [3.63, 3.8) is 0 Å². The zero-order valence-electron chi connectivity index (χ0n) is 37.0. The second-order valence-corrected chi connectivity index (χ2v) is 15.4. The van der Waals surface area contributed by atoms with E-state index in [1.54, 1.807) is 16.8 Å². The number of aromatic nitrogens is 2. The summed E-state index contributed by atoms with van der Waals surface area (Å²) >= 11 is 5.67. The molecule has 1 fully saturated rings. The number of unbranched alkanes of at least 4 members (excludes halogenated alkanes) is 4. The van der Waals surface area contributed by atoms with Crippen molar-refractivity contribution >= 4 is 52.1 Å². The topological polar surface area (TPSA) is 176 Å². The molecule has 0 radical (unpaired) electrons. The van der Waals surface area contributed by atoms with Crippen LogP contribution in [0.3, 0.4) is 0 Å². The molecule has 0 saturated carbocycles. The Balaban J connectivity index is 1.03. The number of amides is 4. The number of benzene rings is 3. The number of nitrogens with one attached hydrogen (secondary N) is 4. The number of morpholine rings is 1. The number of ether oxygens (including phenoxy) is 6. The highest BCUT2D eigenvalue weighted by atomic mass is 35.5. The van der Waals surface area contributed by atoms with Crippen LogP contribution in [0.4, 0.5) is 25.9 Å². The van der Waals surface area contributed by atoms with Crippen LogP contribution in [0.1, 0.15) is 56.7 Å². The summed E-state index contributed by atoms with van der Waals surface area (Å²) in [6, 6.07) is 20.6. The highest BCUT2D eigenvalue weighted by Gasteiger charge is 2.16. The fraction of sp³-hybridized carbons (Fsp3) is 0.489. The normalized spacial score (nSPS) is 12.9. The van der Waals surface area contributed by atoms with Crippen LogP contribution in [0, 0.1) is 0 Å². The molecule has 4 amide bonds. The van der Waals surface area contributed by atoms with E-state index in [1.165, 1.54) is 0 Å². The summed E-state index contributed by atoms with van der Waals surface area (Å²) in [4.78, 5) is 40.3. The summed E-state index contributed by atoms with van der Waals surface area (Å²) in [6.45, 7) is 9.29. The highest BCUT2D eigenvalue weighted by Crippen LogP contribution is 2.32. The largest absolute Gasteiger partial charge is 0.492 e. The summed E-state index contributed by atoms with van der Waals surface area (Å²) < 4.78 is 34.7. The number of nitrogens with zero attached hydrogens (tertiary/aromatic N) is 3. The number of urea groups is 1. The van der Waals surface area contributed by atoms with Gasteiger partial charge in [0.05, 0.1) is 50.1 Å². The van der Waals surface area contributed by atoms with Crippen LogP contribution in [0.25, 0.3) is 16.5 Å². The van der Waals surface area contributed by atoms with Crippen LogP contribution in [-0.4, -0.2) is 124 Å². The number of carbonyl (C=O) groups is 3. The molecule has 0 spiro atoms. The molecule has 0 aliphatic carbocycles.